The first kappa shape index (κ1) is 17.4. The van der Waals surface area contributed by atoms with Gasteiger partial charge in [0, 0.05) is 11.6 Å². The first-order valence-electron chi connectivity index (χ1n) is 8.12. The molecule has 2 aromatic carbocycles. The number of rotatable bonds is 3. The highest BCUT2D eigenvalue weighted by atomic mass is 19.1. The minimum Gasteiger partial charge on any atom is -0.410 e. The third kappa shape index (κ3) is 3.50. The predicted molar refractivity (Wildman–Crippen MR) is 99.8 cm³/mol. The van der Waals surface area contributed by atoms with Gasteiger partial charge in [0.2, 0.25) is 0 Å². The van der Waals surface area contributed by atoms with Gasteiger partial charge in [-0.3, -0.25) is 5.32 Å². The molecule has 5 heteroatoms. The molecule has 0 unspecified atom stereocenters. The molecule has 1 amide bonds. The average Bonchev–Trinajstić information content (AvgIpc) is 2.62. The summed E-state index contributed by atoms with van der Waals surface area (Å²) in [5, 5.41) is 3.93. The van der Waals surface area contributed by atoms with Gasteiger partial charge in [0.25, 0.3) is 0 Å². The highest BCUT2D eigenvalue weighted by Gasteiger charge is 2.16. The lowest BCUT2D eigenvalue weighted by molar-refractivity contribution is 0.215. The van der Waals surface area contributed by atoms with Crippen molar-refractivity contribution in [1.82, 2.24) is 4.98 Å². The van der Waals surface area contributed by atoms with Crippen LogP contribution < -0.4 is 10.1 Å². The fraction of sp³-hybridized carbons (Fsp3) is 0.143. The van der Waals surface area contributed by atoms with Crippen LogP contribution in [0.3, 0.4) is 0 Å². The van der Waals surface area contributed by atoms with Crippen LogP contribution >= 0.6 is 0 Å². The van der Waals surface area contributed by atoms with Crippen LogP contribution in [0.1, 0.15) is 30.9 Å². The van der Waals surface area contributed by atoms with E-state index in [1.165, 1.54) is 6.07 Å². The van der Waals surface area contributed by atoms with Gasteiger partial charge in [0.05, 0.1) is 5.56 Å². The molecule has 3 aromatic rings. The number of halogens is 1. The Morgan fingerprint density at radius 2 is 2.08 bits per heavy atom. The lowest BCUT2D eigenvalue weighted by atomic mass is 9.92. The van der Waals surface area contributed by atoms with Crippen LogP contribution in [0, 0.1) is 18.2 Å². The Labute approximate surface area is 151 Å². The second-order valence-electron chi connectivity index (χ2n) is 6.06. The Hall–Kier alpha value is -3.39. The van der Waals surface area contributed by atoms with Gasteiger partial charge in [-0.05, 0) is 47.2 Å². The maximum atomic E-state index is 14.1. The topological polar surface area (TPSA) is 51.2 Å². The molecule has 0 saturated carbocycles. The molecule has 26 heavy (non-hydrogen) atoms. The number of terminal acetylenes is 1. The van der Waals surface area contributed by atoms with E-state index < -0.39 is 11.9 Å². The number of benzene rings is 2. The van der Waals surface area contributed by atoms with E-state index in [0.29, 0.717) is 22.3 Å². The summed E-state index contributed by atoms with van der Waals surface area (Å²) < 4.78 is 19.5. The van der Waals surface area contributed by atoms with Gasteiger partial charge in [-0.2, -0.15) is 0 Å². The number of hydrogen-bond acceptors (Lipinski definition) is 3. The lowest BCUT2D eigenvalue weighted by Gasteiger charge is -2.15. The minimum atomic E-state index is -0.656. The summed E-state index contributed by atoms with van der Waals surface area (Å²) in [6.45, 7) is 3.94. The maximum absolute atomic E-state index is 14.1. The summed E-state index contributed by atoms with van der Waals surface area (Å²) in [5.74, 6) is 2.78. The van der Waals surface area contributed by atoms with Gasteiger partial charge in [-0.1, -0.05) is 31.9 Å². The van der Waals surface area contributed by atoms with Crippen molar-refractivity contribution < 1.29 is 13.9 Å². The number of hydrogen-bond donors (Lipinski definition) is 1. The molecular weight excluding hydrogens is 331 g/mol. The van der Waals surface area contributed by atoms with Gasteiger partial charge >= 0.3 is 6.09 Å². The summed E-state index contributed by atoms with van der Waals surface area (Å²) in [6.07, 6.45) is 6.41. The molecule has 3 rings (SSSR count). The number of nitrogens with zero attached hydrogens (tertiary/aromatic N) is 1. The number of nitrogens with one attached hydrogen (secondary N) is 1. The minimum absolute atomic E-state index is 0.0637. The smallest absolute Gasteiger partial charge is 0.410 e. The standard InChI is InChI=1S/C21H17FN2O2/c1-4-16-18(22)9-8-14-11-15(12-17(13(2)3)20(14)16)26-21(25)24-19-7-5-6-10-23-19/h1,5-13H,2-3H3,(H,23,24,25). The van der Waals surface area contributed by atoms with Crippen molar-refractivity contribution in [1.29, 1.82) is 0 Å². The van der Waals surface area contributed by atoms with Crippen LogP contribution in [0.5, 0.6) is 5.75 Å². The molecule has 0 aliphatic heterocycles. The van der Waals surface area contributed by atoms with E-state index in [2.05, 4.69) is 16.2 Å². The number of anilines is 1. The lowest BCUT2D eigenvalue weighted by Crippen LogP contribution is -2.17. The van der Waals surface area contributed by atoms with Gasteiger partial charge < -0.3 is 4.74 Å². The van der Waals surface area contributed by atoms with Crippen molar-refractivity contribution in [2.45, 2.75) is 19.8 Å². The summed E-state index contributed by atoms with van der Waals surface area (Å²) in [4.78, 5) is 16.1. The molecule has 1 aromatic heterocycles. The highest BCUT2D eigenvalue weighted by molar-refractivity contribution is 5.94. The second-order valence-corrected chi connectivity index (χ2v) is 6.06. The number of aromatic nitrogens is 1. The Morgan fingerprint density at radius 1 is 1.27 bits per heavy atom. The van der Waals surface area contributed by atoms with Gasteiger partial charge in [0.15, 0.2) is 0 Å². The number of carbonyl (C=O) groups is 1. The molecule has 0 aliphatic rings. The zero-order valence-electron chi connectivity index (χ0n) is 14.4. The number of amides is 1. The summed E-state index contributed by atoms with van der Waals surface area (Å²) >= 11 is 0. The number of fused-ring (bicyclic) bond motifs is 1. The van der Waals surface area contributed by atoms with Crippen LogP contribution in [-0.4, -0.2) is 11.1 Å². The third-order valence-corrected chi connectivity index (χ3v) is 3.94. The fourth-order valence-electron chi connectivity index (χ4n) is 2.77. The molecule has 1 N–H and O–H groups in total. The summed E-state index contributed by atoms with van der Waals surface area (Å²) in [7, 11) is 0. The Morgan fingerprint density at radius 3 is 2.73 bits per heavy atom. The summed E-state index contributed by atoms with van der Waals surface area (Å²) in [5.41, 5.74) is 1.03. The second kappa shape index (κ2) is 7.24. The molecule has 0 fully saturated rings. The Kier molecular flexibility index (Phi) is 4.85. The van der Waals surface area contributed by atoms with E-state index in [9.17, 15) is 9.18 Å². The quantitative estimate of drug-likeness (QED) is 0.671. The SMILES string of the molecule is C#Cc1c(F)ccc2cc(OC(=O)Nc3ccccn3)cc(C(C)C)c12. The number of pyridine rings is 1. The molecular formula is C21H17FN2O2. The maximum Gasteiger partial charge on any atom is 0.418 e. The van der Waals surface area contributed by atoms with Crippen molar-refractivity contribution in [3.05, 3.63) is 65.6 Å². The Bertz CT molecular complexity index is 1010. The number of carbonyl (C=O) groups excluding carboxylic acids is 1. The highest BCUT2D eigenvalue weighted by Crippen LogP contribution is 2.33. The molecule has 0 spiro atoms. The van der Waals surface area contributed by atoms with E-state index in [-0.39, 0.29) is 11.5 Å². The molecule has 0 atom stereocenters. The zero-order chi connectivity index (χ0) is 18.7. The van der Waals surface area contributed by atoms with Crippen LogP contribution in [0.25, 0.3) is 10.8 Å². The molecule has 0 aliphatic carbocycles. The molecule has 4 nitrogen and oxygen atoms in total. The van der Waals surface area contributed by atoms with E-state index in [1.807, 2.05) is 13.8 Å². The molecule has 0 saturated heterocycles. The van der Waals surface area contributed by atoms with E-state index in [1.54, 1.807) is 42.6 Å². The monoisotopic (exact) mass is 348 g/mol. The average molecular weight is 348 g/mol. The van der Waals surface area contributed by atoms with Gasteiger partial charge in [-0.25, -0.2) is 14.2 Å². The Balaban J connectivity index is 1.99. The normalized spacial score (nSPS) is 10.6. The largest absolute Gasteiger partial charge is 0.418 e. The van der Waals surface area contributed by atoms with Crippen molar-refractivity contribution in [2.75, 3.05) is 5.32 Å². The van der Waals surface area contributed by atoms with E-state index >= 15 is 0 Å². The van der Waals surface area contributed by atoms with Gasteiger partial charge in [0.1, 0.15) is 17.4 Å². The van der Waals surface area contributed by atoms with Crippen molar-refractivity contribution in [3.8, 4) is 18.1 Å². The predicted octanol–water partition coefficient (Wildman–Crippen LogP) is 5.09. The van der Waals surface area contributed by atoms with Crippen molar-refractivity contribution in [2.24, 2.45) is 0 Å². The molecule has 1 heterocycles. The third-order valence-electron chi connectivity index (χ3n) is 3.94. The molecule has 0 radical (unpaired) electrons. The van der Waals surface area contributed by atoms with Crippen molar-refractivity contribution in [3.63, 3.8) is 0 Å². The van der Waals surface area contributed by atoms with Crippen LogP contribution in [0.2, 0.25) is 0 Å². The summed E-state index contributed by atoms with van der Waals surface area (Å²) in [6, 6.07) is 11.5. The van der Waals surface area contributed by atoms with Crippen molar-refractivity contribution >= 4 is 22.7 Å². The number of ether oxygens (including phenoxy) is 1. The molecule has 0 bridgehead atoms. The van der Waals surface area contributed by atoms with Crippen LogP contribution in [-0.2, 0) is 0 Å². The van der Waals surface area contributed by atoms with E-state index in [4.69, 9.17) is 11.2 Å². The van der Waals surface area contributed by atoms with Gasteiger partial charge in [-0.15, -0.1) is 6.42 Å². The fourth-order valence-corrected chi connectivity index (χ4v) is 2.77. The first-order chi connectivity index (χ1) is 12.5. The molecule has 130 valence electrons. The van der Waals surface area contributed by atoms with E-state index in [0.717, 1.165) is 5.56 Å². The van der Waals surface area contributed by atoms with Crippen LogP contribution in [0.15, 0.2) is 48.7 Å². The zero-order valence-corrected chi connectivity index (χ0v) is 14.4. The first-order valence-corrected chi connectivity index (χ1v) is 8.12. The van der Waals surface area contributed by atoms with Crippen LogP contribution in [0.4, 0.5) is 15.0 Å².